The van der Waals surface area contributed by atoms with Crippen molar-refractivity contribution in [2.45, 2.75) is 32.1 Å². The second-order valence-corrected chi connectivity index (χ2v) is 3.24. The molecule has 51 valence electrons. The first-order chi connectivity index (χ1) is 4.43. The van der Waals surface area contributed by atoms with E-state index in [1.54, 1.807) is 0 Å². The lowest BCUT2D eigenvalue weighted by molar-refractivity contribution is 0.359. The Bertz CT molecular complexity index is 66.6. The molecule has 0 aromatic heterocycles. The number of nitrogens with one attached hydrogen (secondary N) is 1. The third-order valence-corrected chi connectivity index (χ3v) is 2.32. The molecular formula is C7H14NSi. The molecule has 1 rings (SSSR count). The van der Waals surface area contributed by atoms with E-state index < -0.39 is 0 Å². The summed E-state index contributed by atoms with van der Waals surface area (Å²) in [4.78, 5) is 3.04. The number of hydrogen-bond acceptors (Lipinski definition) is 1. The normalized spacial score (nSPS) is 22.3. The van der Waals surface area contributed by atoms with Gasteiger partial charge in [-0.1, -0.05) is 19.3 Å². The smallest absolute Gasteiger partial charge is 0.140 e. The predicted molar refractivity (Wildman–Crippen MR) is 40.3 cm³/mol. The van der Waals surface area contributed by atoms with Crippen molar-refractivity contribution >= 4 is 10.4 Å². The van der Waals surface area contributed by atoms with Crippen LogP contribution in [0.15, 0.2) is 0 Å². The first kappa shape index (κ1) is 7.29. The molecule has 0 amide bonds. The molecular weight excluding hydrogens is 126 g/mol. The van der Waals surface area contributed by atoms with E-state index in [1.165, 1.54) is 32.1 Å². The predicted octanol–water partition coefficient (Wildman–Crippen LogP) is 1.24. The van der Waals surface area contributed by atoms with E-state index in [4.69, 9.17) is 0 Å². The molecule has 0 aromatic rings. The van der Waals surface area contributed by atoms with Gasteiger partial charge in [0.05, 0.1) is 0 Å². The Morgan fingerprint density at radius 1 is 1.22 bits per heavy atom. The highest BCUT2D eigenvalue weighted by molar-refractivity contribution is 6.04. The summed E-state index contributed by atoms with van der Waals surface area (Å²) in [5.41, 5.74) is 0. The summed E-state index contributed by atoms with van der Waals surface area (Å²) in [6.45, 7) is 1.15. The average Bonchev–Trinajstić information content (AvgIpc) is 1.91. The van der Waals surface area contributed by atoms with Gasteiger partial charge < -0.3 is 4.98 Å². The molecule has 0 bridgehead atoms. The third-order valence-electron chi connectivity index (χ3n) is 2.12. The van der Waals surface area contributed by atoms with Crippen LogP contribution in [0.2, 0.25) is 0 Å². The molecule has 0 aliphatic heterocycles. The molecule has 0 aromatic carbocycles. The maximum Gasteiger partial charge on any atom is 0.140 e. The van der Waals surface area contributed by atoms with E-state index >= 15 is 0 Å². The van der Waals surface area contributed by atoms with Crippen molar-refractivity contribution in [3.63, 3.8) is 0 Å². The van der Waals surface area contributed by atoms with Gasteiger partial charge >= 0.3 is 0 Å². The SMILES string of the molecule is [Si]NCC1CCCCC1. The quantitative estimate of drug-likeness (QED) is 0.569. The van der Waals surface area contributed by atoms with Crippen molar-refractivity contribution in [2.75, 3.05) is 6.54 Å². The van der Waals surface area contributed by atoms with Crippen molar-refractivity contribution < 1.29 is 0 Å². The Morgan fingerprint density at radius 3 is 2.44 bits per heavy atom. The Labute approximate surface area is 60.7 Å². The fourth-order valence-corrected chi connectivity index (χ4v) is 1.82. The van der Waals surface area contributed by atoms with Gasteiger partial charge in [0.15, 0.2) is 0 Å². The van der Waals surface area contributed by atoms with Gasteiger partial charge in [0.1, 0.15) is 10.4 Å². The zero-order valence-electron chi connectivity index (χ0n) is 5.82. The Morgan fingerprint density at radius 2 is 1.89 bits per heavy atom. The van der Waals surface area contributed by atoms with E-state index in [0.717, 1.165) is 12.5 Å². The molecule has 0 saturated heterocycles. The van der Waals surface area contributed by atoms with Crippen LogP contribution in [-0.2, 0) is 0 Å². The summed E-state index contributed by atoms with van der Waals surface area (Å²) >= 11 is 0. The summed E-state index contributed by atoms with van der Waals surface area (Å²) in [6.07, 6.45) is 7.20. The molecule has 0 heterocycles. The Hall–Kier alpha value is 0.177. The topological polar surface area (TPSA) is 12.0 Å². The Kier molecular flexibility index (Phi) is 3.29. The van der Waals surface area contributed by atoms with Gasteiger partial charge in [0.2, 0.25) is 0 Å². The van der Waals surface area contributed by atoms with Crippen LogP contribution in [-0.4, -0.2) is 16.9 Å². The van der Waals surface area contributed by atoms with Gasteiger partial charge in [-0.3, -0.25) is 0 Å². The summed E-state index contributed by atoms with van der Waals surface area (Å²) < 4.78 is 0. The molecule has 9 heavy (non-hydrogen) atoms. The number of hydrogen-bond donors (Lipinski definition) is 1. The molecule has 1 aliphatic rings. The van der Waals surface area contributed by atoms with Crippen LogP contribution in [0.1, 0.15) is 32.1 Å². The minimum atomic E-state index is 0.941. The molecule has 0 unspecified atom stereocenters. The summed E-state index contributed by atoms with van der Waals surface area (Å²) in [6, 6.07) is 0. The van der Waals surface area contributed by atoms with Crippen molar-refractivity contribution in [1.82, 2.24) is 4.98 Å². The van der Waals surface area contributed by atoms with Crippen molar-refractivity contribution in [1.29, 1.82) is 0 Å². The minimum Gasteiger partial charge on any atom is -0.340 e. The largest absolute Gasteiger partial charge is 0.340 e. The summed E-state index contributed by atoms with van der Waals surface area (Å²) in [7, 11) is 3.28. The standard InChI is InChI=1S/C7H14NSi/c9-8-6-7-4-2-1-3-5-7/h7-8H,1-6H2. The van der Waals surface area contributed by atoms with E-state index in [-0.39, 0.29) is 0 Å². The fraction of sp³-hybridized carbons (Fsp3) is 1.00. The molecule has 1 N–H and O–H groups in total. The maximum absolute atomic E-state index is 3.28. The first-order valence-electron chi connectivity index (χ1n) is 3.83. The molecule has 1 fully saturated rings. The lowest BCUT2D eigenvalue weighted by Crippen LogP contribution is -2.21. The zero-order valence-corrected chi connectivity index (χ0v) is 6.82. The summed E-state index contributed by atoms with van der Waals surface area (Å²) in [5, 5.41) is 0. The van der Waals surface area contributed by atoms with Gasteiger partial charge in [-0.25, -0.2) is 0 Å². The molecule has 1 nitrogen and oxygen atoms in total. The minimum absolute atomic E-state index is 0.941. The van der Waals surface area contributed by atoms with Crippen LogP contribution in [0.25, 0.3) is 0 Å². The average molecular weight is 140 g/mol. The molecule has 0 atom stereocenters. The van der Waals surface area contributed by atoms with Crippen LogP contribution in [0.3, 0.4) is 0 Å². The third kappa shape index (κ3) is 2.50. The Balaban J connectivity index is 2.08. The van der Waals surface area contributed by atoms with E-state index in [9.17, 15) is 0 Å². The van der Waals surface area contributed by atoms with E-state index in [0.29, 0.717) is 0 Å². The molecule has 1 saturated carbocycles. The van der Waals surface area contributed by atoms with Crippen molar-refractivity contribution in [2.24, 2.45) is 5.92 Å². The monoisotopic (exact) mass is 140 g/mol. The second kappa shape index (κ2) is 4.07. The van der Waals surface area contributed by atoms with Gasteiger partial charge in [0.25, 0.3) is 0 Å². The fourth-order valence-electron chi connectivity index (χ4n) is 1.54. The molecule has 2 heteroatoms. The van der Waals surface area contributed by atoms with Crippen LogP contribution in [0, 0.1) is 5.92 Å². The van der Waals surface area contributed by atoms with Gasteiger partial charge in [-0.15, -0.1) is 0 Å². The first-order valence-corrected chi connectivity index (χ1v) is 4.33. The van der Waals surface area contributed by atoms with Gasteiger partial charge in [-0.05, 0) is 25.3 Å². The van der Waals surface area contributed by atoms with Crippen LogP contribution in [0.4, 0.5) is 0 Å². The van der Waals surface area contributed by atoms with Crippen LogP contribution < -0.4 is 4.98 Å². The molecule has 3 radical (unpaired) electrons. The zero-order chi connectivity index (χ0) is 6.53. The van der Waals surface area contributed by atoms with E-state index in [1.807, 2.05) is 0 Å². The maximum atomic E-state index is 3.28. The van der Waals surface area contributed by atoms with Gasteiger partial charge in [0, 0.05) is 0 Å². The van der Waals surface area contributed by atoms with Gasteiger partial charge in [-0.2, -0.15) is 0 Å². The van der Waals surface area contributed by atoms with Crippen molar-refractivity contribution in [3.8, 4) is 0 Å². The number of rotatable bonds is 2. The molecule has 1 aliphatic carbocycles. The lowest BCUT2D eigenvalue weighted by atomic mass is 9.90. The summed E-state index contributed by atoms with van der Waals surface area (Å²) in [5.74, 6) is 0.941. The highest BCUT2D eigenvalue weighted by atomic mass is 28.2. The highest BCUT2D eigenvalue weighted by Crippen LogP contribution is 2.22. The lowest BCUT2D eigenvalue weighted by Gasteiger charge is -2.20. The van der Waals surface area contributed by atoms with Crippen molar-refractivity contribution in [3.05, 3.63) is 0 Å². The van der Waals surface area contributed by atoms with E-state index in [2.05, 4.69) is 15.4 Å². The van der Waals surface area contributed by atoms with Crippen LogP contribution >= 0.6 is 0 Å². The second-order valence-electron chi connectivity index (χ2n) is 2.88. The highest BCUT2D eigenvalue weighted by Gasteiger charge is 2.10. The molecule has 0 spiro atoms. The van der Waals surface area contributed by atoms with Crippen LogP contribution in [0.5, 0.6) is 0 Å².